The Morgan fingerprint density at radius 1 is 0.875 bits per heavy atom. The Morgan fingerprint density at radius 3 is 2.38 bits per heavy atom. The van der Waals surface area contributed by atoms with Crippen molar-refractivity contribution in [2.75, 3.05) is 0 Å². The van der Waals surface area contributed by atoms with Gasteiger partial charge in [-0.25, -0.2) is 0 Å². The first-order valence-corrected chi connectivity index (χ1v) is 5.67. The smallest absolute Gasteiger partial charge is 0.115 e. The maximum Gasteiger partial charge on any atom is 0.115 e. The van der Waals surface area contributed by atoms with E-state index in [1.165, 1.54) is 5.56 Å². The van der Waals surface area contributed by atoms with Crippen molar-refractivity contribution in [1.82, 2.24) is 0 Å². The van der Waals surface area contributed by atoms with Crippen LogP contribution < -0.4 is 0 Å². The molecule has 1 nitrogen and oxygen atoms in total. The Bertz CT molecular complexity index is 504. The number of aryl methyl sites for hydroxylation is 1. The topological polar surface area (TPSA) is 20.2 Å². The Kier molecular flexibility index (Phi) is 2.08. The largest absolute Gasteiger partial charge is 0.380 e. The van der Waals surface area contributed by atoms with Gasteiger partial charge in [0, 0.05) is 0 Å². The summed E-state index contributed by atoms with van der Waals surface area (Å²) >= 11 is 0. The molecule has 2 aromatic rings. The lowest BCUT2D eigenvalue weighted by molar-refractivity contribution is 0.0829. The average molecular weight is 210 g/mol. The molecule has 1 aliphatic carbocycles. The third-order valence-electron chi connectivity index (χ3n) is 3.47. The van der Waals surface area contributed by atoms with Gasteiger partial charge in [0.05, 0.1) is 0 Å². The summed E-state index contributed by atoms with van der Waals surface area (Å²) in [5, 5.41) is 10.8. The van der Waals surface area contributed by atoms with E-state index >= 15 is 0 Å². The minimum atomic E-state index is -0.780. The molecule has 1 N–H and O–H groups in total. The van der Waals surface area contributed by atoms with Gasteiger partial charge in [-0.2, -0.15) is 0 Å². The molecule has 0 unspecified atom stereocenters. The number of hydrogen-bond donors (Lipinski definition) is 1. The molecule has 0 saturated heterocycles. The third-order valence-corrected chi connectivity index (χ3v) is 3.47. The molecule has 0 spiro atoms. The summed E-state index contributed by atoms with van der Waals surface area (Å²) in [7, 11) is 0. The Labute approximate surface area is 95.4 Å². The highest BCUT2D eigenvalue weighted by molar-refractivity contribution is 5.44. The van der Waals surface area contributed by atoms with Gasteiger partial charge in [-0.05, 0) is 29.5 Å². The zero-order chi connectivity index (χ0) is 11.0. The molecule has 0 aliphatic heterocycles. The van der Waals surface area contributed by atoms with Crippen LogP contribution in [0.2, 0.25) is 0 Å². The highest BCUT2D eigenvalue weighted by Gasteiger charge is 2.37. The van der Waals surface area contributed by atoms with Crippen LogP contribution in [-0.4, -0.2) is 5.11 Å². The Morgan fingerprint density at radius 2 is 1.56 bits per heavy atom. The SMILES string of the molecule is O[C@@]1(c2ccccc2)CCc2ccccc21. The quantitative estimate of drug-likeness (QED) is 0.767. The molecule has 0 aromatic heterocycles. The highest BCUT2D eigenvalue weighted by Crippen LogP contribution is 2.41. The minimum Gasteiger partial charge on any atom is -0.380 e. The fourth-order valence-electron chi connectivity index (χ4n) is 2.61. The standard InChI is InChI=1S/C15H14O/c16-15(13-7-2-1-3-8-13)11-10-12-6-4-5-9-14(12)15/h1-9,16H,10-11H2/t15-/m1/s1. The van der Waals surface area contributed by atoms with Crippen LogP contribution >= 0.6 is 0 Å². The molecule has 16 heavy (non-hydrogen) atoms. The average Bonchev–Trinajstić information content (AvgIpc) is 2.71. The first kappa shape index (κ1) is 9.61. The van der Waals surface area contributed by atoms with Crippen molar-refractivity contribution < 1.29 is 5.11 Å². The van der Waals surface area contributed by atoms with Crippen LogP contribution in [0.5, 0.6) is 0 Å². The first-order valence-electron chi connectivity index (χ1n) is 5.67. The van der Waals surface area contributed by atoms with Gasteiger partial charge >= 0.3 is 0 Å². The lowest BCUT2D eigenvalue weighted by Gasteiger charge is -2.24. The molecule has 3 rings (SSSR count). The van der Waals surface area contributed by atoms with Crippen LogP contribution in [-0.2, 0) is 12.0 Å². The van der Waals surface area contributed by atoms with Crippen molar-refractivity contribution in [3.8, 4) is 0 Å². The van der Waals surface area contributed by atoms with Crippen molar-refractivity contribution in [1.29, 1.82) is 0 Å². The van der Waals surface area contributed by atoms with E-state index in [4.69, 9.17) is 0 Å². The minimum absolute atomic E-state index is 0.780. The fraction of sp³-hybridized carbons (Fsp3) is 0.200. The van der Waals surface area contributed by atoms with Crippen LogP contribution in [0.4, 0.5) is 0 Å². The third kappa shape index (κ3) is 1.29. The van der Waals surface area contributed by atoms with Gasteiger partial charge in [0.15, 0.2) is 0 Å². The summed E-state index contributed by atoms with van der Waals surface area (Å²) in [5.74, 6) is 0. The molecule has 1 aliphatic rings. The van der Waals surface area contributed by atoms with E-state index in [1.807, 2.05) is 48.5 Å². The van der Waals surface area contributed by atoms with Crippen LogP contribution in [0, 0.1) is 0 Å². The number of rotatable bonds is 1. The molecule has 0 radical (unpaired) electrons. The summed E-state index contributed by atoms with van der Waals surface area (Å²) < 4.78 is 0. The van der Waals surface area contributed by atoms with Crippen molar-refractivity contribution in [3.05, 3.63) is 71.3 Å². The monoisotopic (exact) mass is 210 g/mol. The van der Waals surface area contributed by atoms with Crippen molar-refractivity contribution in [3.63, 3.8) is 0 Å². The van der Waals surface area contributed by atoms with E-state index < -0.39 is 5.60 Å². The molecule has 1 atom stereocenters. The molecule has 0 heterocycles. The van der Waals surface area contributed by atoms with Gasteiger partial charge in [0.1, 0.15) is 5.60 Å². The number of aliphatic hydroxyl groups is 1. The second-order valence-electron chi connectivity index (χ2n) is 4.38. The van der Waals surface area contributed by atoms with Crippen LogP contribution in [0.15, 0.2) is 54.6 Å². The Balaban J connectivity index is 2.15. The molecule has 0 bridgehead atoms. The molecule has 0 fully saturated rings. The summed E-state index contributed by atoms with van der Waals surface area (Å²) in [4.78, 5) is 0. The molecule has 0 saturated carbocycles. The van der Waals surface area contributed by atoms with E-state index in [2.05, 4.69) is 6.07 Å². The maximum absolute atomic E-state index is 10.8. The Hall–Kier alpha value is -1.60. The first-order chi connectivity index (χ1) is 7.81. The normalized spacial score (nSPS) is 23.1. The zero-order valence-electron chi connectivity index (χ0n) is 9.06. The van der Waals surface area contributed by atoms with Crippen LogP contribution in [0.25, 0.3) is 0 Å². The van der Waals surface area contributed by atoms with E-state index in [1.54, 1.807) is 0 Å². The van der Waals surface area contributed by atoms with Crippen molar-refractivity contribution in [2.45, 2.75) is 18.4 Å². The van der Waals surface area contributed by atoms with Gasteiger partial charge in [0.2, 0.25) is 0 Å². The second kappa shape index (κ2) is 3.46. The van der Waals surface area contributed by atoms with E-state index in [9.17, 15) is 5.11 Å². The molecule has 80 valence electrons. The number of benzene rings is 2. The molecular formula is C15H14O. The summed E-state index contributed by atoms with van der Waals surface area (Å²) in [5.41, 5.74) is 2.56. The van der Waals surface area contributed by atoms with Gasteiger partial charge in [-0.3, -0.25) is 0 Å². The predicted molar refractivity (Wildman–Crippen MR) is 64.2 cm³/mol. The lowest BCUT2D eigenvalue weighted by Crippen LogP contribution is -2.23. The summed E-state index contributed by atoms with van der Waals surface area (Å²) in [6, 6.07) is 18.1. The van der Waals surface area contributed by atoms with Crippen molar-refractivity contribution in [2.24, 2.45) is 0 Å². The molecule has 1 heteroatoms. The van der Waals surface area contributed by atoms with E-state index in [-0.39, 0.29) is 0 Å². The molecular weight excluding hydrogens is 196 g/mol. The van der Waals surface area contributed by atoms with Crippen molar-refractivity contribution >= 4 is 0 Å². The van der Waals surface area contributed by atoms with Crippen LogP contribution in [0.3, 0.4) is 0 Å². The predicted octanol–water partition coefficient (Wildman–Crippen LogP) is 2.87. The van der Waals surface area contributed by atoms with Gasteiger partial charge < -0.3 is 5.11 Å². The van der Waals surface area contributed by atoms with Crippen LogP contribution in [0.1, 0.15) is 23.1 Å². The number of hydrogen-bond acceptors (Lipinski definition) is 1. The van der Waals surface area contributed by atoms with Gasteiger partial charge in [-0.15, -0.1) is 0 Å². The highest BCUT2D eigenvalue weighted by atomic mass is 16.3. The summed E-state index contributed by atoms with van der Waals surface area (Å²) in [6.07, 6.45) is 1.75. The van der Waals surface area contributed by atoms with E-state index in [0.29, 0.717) is 0 Å². The number of fused-ring (bicyclic) bond motifs is 1. The van der Waals surface area contributed by atoms with E-state index in [0.717, 1.165) is 24.0 Å². The zero-order valence-corrected chi connectivity index (χ0v) is 9.06. The second-order valence-corrected chi connectivity index (χ2v) is 4.38. The summed E-state index contributed by atoms with van der Waals surface area (Å²) in [6.45, 7) is 0. The molecule has 2 aromatic carbocycles. The maximum atomic E-state index is 10.8. The van der Waals surface area contributed by atoms with Gasteiger partial charge in [-0.1, -0.05) is 54.6 Å². The fourth-order valence-corrected chi connectivity index (χ4v) is 2.61. The lowest BCUT2D eigenvalue weighted by atomic mass is 9.88. The molecule has 0 amide bonds. The van der Waals surface area contributed by atoms with Gasteiger partial charge in [0.25, 0.3) is 0 Å².